The van der Waals surface area contributed by atoms with E-state index in [2.05, 4.69) is 13.8 Å². The topological polar surface area (TPSA) is 60.9 Å². The Labute approximate surface area is 102 Å². The lowest BCUT2D eigenvalue weighted by Crippen LogP contribution is -2.57. The van der Waals surface area contributed by atoms with Gasteiger partial charge in [0.2, 0.25) is 0 Å². The summed E-state index contributed by atoms with van der Waals surface area (Å²) >= 11 is 0. The first-order valence-electron chi connectivity index (χ1n) is 6.05. The van der Waals surface area contributed by atoms with Crippen LogP contribution in [-0.4, -0.2) is 53.6 Å². The summed E-state index contributed by atoms with van der Waals surface area (Å²) in [5.41, 5.74) is 0. The molecule has 1 atom stereocenters. The highest BCUT2D eigenvalue weighted by molar-refractivity contribution is 5.76. The zero-order chi connectivity index (χ0) is 13.2. The van der Waals surface area contributed by atoms with Crippen LogP contribution in [0.25, 0.3) is 0 Å². The summed E-state index contributed by atoms with van der Waals surface area (Å²) in [4.78, 5) is 26.1. The molecule has 1 saturated heterocycles. The highest BCUT2D eigenvalue weighted by Gasteiger charge is 2.38. The molecule has 0 spiro atoms. The molecule has 1 rings (SSSR count). The molecule has 1 aliphatic heterocycles. The Kier molecular flexibility index (Phi) is 4.37. The molecule has 0 saturated carbocycles. The van der Waals surface area contributed by atoms with Crippen molar-refractivity contribution in [2.45, 2.75) is 20.8 Å². The van der Waals surface area contributed by atoms with Gasteiger partial charge < -0.3 is 14.9 Å². The number of carbonyl (C=O) groups excluding carboxylic acids is 1. The minimum atomic E-state index is -0.780. The fraction of sp³-hybridized carbons (Fsp3) is 0.833. The third-order valence-corrected chi connectivity index (χ3v) is 3.24. The Morgan fingerprint density at radius 3 is 2.29 bits per heavy atom. The number of carboxylic acid groups (broad SMARTS) is 1. The summed E-state index contributed by atoms with van der Waals surface area (Å²) in [5.74, 6) is -0.602. The highest BCUT2D eigenvalue weighted by atomic mass is 16.4. The molecule has 1 heterocycles. The molecular formula is C12H22N2O3. The first-order valence-corrected chi connectivity index (χ1v) is 6.05. The summed E-state index contributed by atoms with van der Waals surface area (Å²) < 4.78 is 0. The molecule has 17 heavy (non-hydrogen) atoms. The molecule has 0 aromatic heterocycles. The molecule has 0 bridgehead atoms. The quantitative estimate of drug-likeness (QED) is 0.809. The van der Waals surface area contributed by atoms with Gasteiger partial charge in [0.25, 0.3) is 0 Å². The summed E-state index contributed by atoms with van der Waals surface area (Å²) in [7, 11) is 1.79. The van der Waals surface area contributed by atoms with E-state index in [0.717, 1.165) is 6.54 Å². The number of urea groups is 1. The average Bonchev–Trinajstić information content (AvgIpc) is 2.13. The van der Waals surface area contributed by atoms with Crippen LogP contribution in [0.1, 0.15) is 20.8 Å². The molecule has 98 valence electrons. The van der Waals surface area contributed by atoms with Gasteiger partial charge in [0.05, 0.1) is 5.92 Å². The van der Waals surface area contributed by atoms with Crippen LogP contribution >= 0.6 is 0 Å². The number of carbonyl (C=O) groups is 2. The van der Waals surface area contributed by atoms with Crippen molar-refractivity contribution < 1.29 is 14.7 Å². The van der Waals surface area contributed by atoms with Crippen LogP contribution in [-0.2, 0) is 4.79 Å². The Bertz CT molecular complexity index is 298. The van der Waals surface area contributed by atoms with Crippen molar-refractivity contribution in [1.29, 1.82) is 0 Å². The van der Waals surface area contributed by atoms with Crippen LogP contribution in [0, 0.1) is 17.8 Å². The summed E-state index contributed by atoms with van der Waals surface area (Å²) in [5, 5.41) is 8.86. The van der Waals surface area contributed by atoms with Crippen molar-refractivity contribution in [2.75, 3.05) is 26.7 Å². The van der Waals surface area contributed by atoms with Crippen molar-refractivity contribution in [2.24, 2.45) is 17.8 Å². The minimum Gasteiger partial charge on any atom is -0.481 e. The van der Waals surface area contributed by atoms with Gasteiger partial charge in [-0.1, -0.05) is 20.8 Å². The maximum atomic E-state index is 11.9. The maximum Gasteiger partial charge on any atom is 0.319 e. The Morgan fingerprint density at radius 2 is 1.88 bits per heavy atom. The monoisotopic (exact) mass is 242 g/mol. The van der Waals surface area contributed by atoms with Gasteiger partial charge >= 0.3 is 12.0 Å². The first kappa shape index (κ1) is 13.8. The maximum absolute atomic E-state index is 11.9. The van der Waals surface area contributed by atoms with Crippen LogP contribution in [0.5, 0.6) is 0 Å². The van der Waals surface area contributed by atoms with Gasteiger partial charge in [-0.05, 0) is 5.92 Å². The van der Waals surface area contributed by atoms with Gasteiger partial charge in [-0.2, -0.15) is 0 Å². The second-order valence-corrected chi connectivity index (χ2v) is 5.35. The number of rotatable bonds is 4. The number of aliphatic carboxylic acids is 1. The lowest BCUT2D eigenvalue weighted by atomic mass is 9.87. The summed E-state index contributed by atoms with van der Waals surface area (Å²) in [6.07, 6.45) is 0. The van der Waals surface area contributed by atoms with Gasteiger partial charge in [0.15, 0.2) is 0 Å². The fourth-order valence-corrected chi connectivity index (χ4v) is 2.05. The van der Waals surface area contributed by atoms with Crippen LogP contribution in [0.15, 0.2) is 0 Å². The Hall–Kier alpha value is -1.26. The third kappa shape index (κ3) is 3.35. The van der Waals surface area contributed by atoms with Crippen molar-refractivity contribution in [3.63, 3.8) is 0 Å². The van der Waals surface area contributed by atoms with E-state index in [9.17, 15) is 9.59 Å². The van der Waals surface area contributed by atoms with Crippen LogP contribution in [0.2, 0.25) is 0 Å². The third-order valence-electron chi connectivity index (χ3n) is 3.24. The first-order chi connectivity index (χ1) is 7.82. The van der Waals surface area contributed by atoms with E-state index in [4.69, 9.17) is 5.11 Å². The minimum absolute atomic E-state index is 0.00698. The van der Waals surface area contributed by atoms with E-state index in [1.807, 2.05) is 0 Å². The number of amides is 2. The molecule has 5 heteroatoms. The molecule has 0 aromatic carbocycles. The zero-order valence-corrected chi connectivity index (χ0v) is 11.0. The average molecular weight is 242 g/mol. The highest BCUT2D eigenvalue weighted by Crippen LogP contribution is 2.24. The molecule has 0 aliphatic carbocycles. The van der Waals surface area contributed by atoms with Gasteiger partial charge in [-0.15, -0.1) is 0 Å². The fourth-order valence-electron chi connectivity index (χ4n) is 2.05. The van der Waals surface area contributed by atoms with Gasteiger partial charge in [0, 0.05) is 32.6 Å². The number of nitrogens with zero attached hydrogens (tertiary/aromatic N) is 2. The second-order valence-electron chi connectivity index (χ2n) is 5.35. The molecule has 0 radical (unpaired) electrons. The molecule has 1 unspecified atom stereocenters. The van der Waals surface area contributed by atoms with E-state index in [0.29, 0.717) is 19.0 Å². The predicted molar refractivity (Wildman–Crippen MR) is 64.7 cm³/mol. The van der Waals surface area contributed by atoms with E-state index in [-0.39, 0.29) is 17.9 Å². The van der Waals surface area contributed by atoms with E-state index < -0.39 is 5.97 Å². The van der Waals surface area contributed by atoms with Crippen LogP contribution in [0.4, 0.5) is 4.79 Å². The molecule has 1 N–H and O–H groups in total. The van der Waals surface area contributed by atoms with Gasteiger partial charge in [0.1, 0.15) is 0 Å². The second kappa shape index (κ2) is 5.38. The van der Waals surface area contributed by atoms with E-state index in [1.54, 1.807) is 23.8 Å². The summed E-state index contributed by atoms with van der Waals surface area (Å²) in [6.45, 7) is 7.69. The predicted octanol–water partition coefficient (Wildman–Crippen LogP) is 1.35. The Balaban J connectivity index is 2.37. The number of likely N-dealkylation sites (tertiary alicyclic amines) is 1. The lowest BCUT2D eigenvalue weighted by Gasteiger charge is -2.43. The summed E-state index contributed by atoms with van der Waals surface area (Å²) in [6, 6.07) is 0.00698. The van der Waals surface area contributed by atoms with Crippen LogP contribution in [0.3, 0.4) is 0 Å². The standard InChI is InChI=1S/C12H22N2O3/c1-8(2)5-13(4)12(17)14-6-10(7-14)9(3)11(15)16/h8-10H,5-7H2,1-4H3,(H,15,16). The molecule has 2 amide bonds. The molecule has 0 aromatic rings. The van der Waals surface area contributed by atoms with Crippen molar-refractivity contribution in [3.8, 4) is 0 Å². The molecule has 5 nitrogen and oxygen atoms in total. The molecular weight excluding hydrogens is 220 g/mol. The SMILES string of the molecule is CC(C)CN(C)C(=O)N1CC(C(C)C(=O)O)C1. The lowest BCUT2D eigenvalue weighted by molar-refractivity contribution is -0.144. The van der Waals surface area contributed by atoms with Crippen LogP contribution < -0.4 is 0 Å². The zero-order valence-electron chi connectivity index (χ0n) is 11.0. The largest absolute Gasteiger partial charge is 0.481 e. The smallest absolute Gasteiger partial charge is 0.319 e. The number of hydrogen-bond acceptors (Lipinski definition) is 2. The number of carboxylic acids is 1. The van der Waals surface area contributed by atoms with Crippen molar-refractivity contribution in [3.05, 3.63) is 0 Å². The van der Waals surface area contributed by atoms with E-state index in [1.165, 1.54) is 0 Å². The van der Waals surface area contributed by atoms with Crippen molar-refractivity contribution in [1.82, 2.24) is 9.80 Å². The molecule has 1 aliphatic rings. The van der Waals surface area contributed by atoms with E-state index >= 15 is 0 Å². The number of hydrogen-bond donors (Lipinski definition) is 1. The molecule has 1 fully saturated rings. The van der Waals surface area contributed by atoms with Gasteiger partial charge in [-0.3, -0.25) is 4.79 Å². The normalized spacial score (nSPS) is 17.8. The van der Waals surface area contributed by atoms with Gasteiger partial charge in [-0.25, -0.2) is 4.79 Å². The van der Waals surface area contributed by atoms with Crippen molar-refractivity contribution >= 4 is 12.0 Å². The Morgan fingerprint density at radius 1 is 1.35 bits per heavy atom.